The molecule has 2 atom stereocenters. The average Bonchev–Trinajstić information content (AvgIpc) is 2.41. The Morgan fingerprint density at radius 2 is 1.95 bits per heavy atom. The molecule has 0 bridgehead atoms. The van der Waals surface area contributed by atoms with Gasteiger partial charge in [-0.05, 0) is 36.8 Å². The smallest absolute Gasteiger partial charge is 0.242 e. The van der Waals surface area contributed by atoms with Gasteiger partial charge in [0.1, 0.15) is 10.7 Å². The van der Waals surface area contributed by atoms with Gasteiger partial charge in [-0.2, -0.15) is 0 Å². The highest BCUT2D eigenvalue weighted by atomic mass is 32.2. The fourth-order valence-corrected chi connectivity index (χ4v) is 4.58. The summed E-state index contributed by atoms with van der Waals surface area (Å²) in [5, 5.41) is 0. The zero-order valence-electron chi connectivity index (χ0n) is 12.5. The molecule has 0 spiro atoms. The normalized spacial score (nSPS) is 23.4. The topological polar surface area (TPSA) is 72.2 Å². The first-order valence-electron chi connectivity index (χ1n) is 7.39. The first-order valence-corrected chi connectivity index (χ1v) is 8.87. The number of hydrogen-bond acceptors (Lipinski definition) is 3. The predicted octanol–water partition coefficient (Wildman–Crippen LogP) is 2.90. The van der Waals surface area contributed by atoms with Crippen LogP contribution in [0.4, 0.5) is 10.1 Å². The van der Waals surface area contributed by atoms with Crippen LogP contribution in [0.1, 0.15) is 39.5 Å². The second-order valence-electron chi connectivity index (χ2n) is 6.07. The second-order valence-corrected chi connectivity index (χ2v) is 7.75. The minimum absolute atomic E-state index is 0.105. The van der Waals surface area contributed by atoms with Gasteiger partial charge in [0, 0.05) is 6.04 Å². The molecule has 3 N–H and O–H groups in total. The molecule has 1 saturated carbocycles. The molecule has 1 aliphatic carbocycles. The van der Waals surface area contributed by atoms with E-state index in [1.807, 2.05) is 0 Å². The summed E-state index contributed by atoms with van der Waals surface area (Å²) in [6.45, 7) is 4.21. The highest BCUT2D eigenvalue weighted by Gasteiger charge is 2.32. The average molecular weight is 314 g/mol. The molecule has 0 heterocycles. The molecule has 6 heteroatoms. The Kier molecular flexibility index (Phi) is 4.88. The van der Waals surface area contributed by atoms with Crippen molar-refractivity contribution in [3.63, 3.8) is 0 Å². The van der Waals surface area contributed by atoms with Crippen molar-refractivity contribution in [2.75, 3.05) is 5.73 Å². The lowest BCUT2D eigenvalue weighted by Gasteiger charge is -2.34. The Labute approximate surface area is 126 Å². The molecule has 118 valence electrons. The van der Waals surface area contributed by atoms with Crippen molar-refractivity contribution < 1.29 is 12.8 Å². The summed E-state index contributed by atoms with van der Waals surface area (Å²) in [5.74, 6) is 0.00749. The summed E-state index contributed by atoms with van der Waals surface area (Å²) in [6.07, 6.45) is 3.97. The van der Waals surface area contributed by atoms with Crippen LogP contribution < -0.4 is 10.5 Å². The molecule has 1 aromatic carbocycles. The lowest BCUT2D eigenvalue weighted by molar-refractivity contribution is 0.226. The van der Waals surface area contributed by atoms with Crippen molar-refractivity contribution >= 4 is 15.7 Å². The molecule has 2 unspecified atom stereocenters. The van der Waals surface area contributed by atoms with Crippen LogP contribution in [0.5, 0.6) is 0 Å². The van der Waals surface area contributed by atoms with Crippen LogP contribution >= 0.6 is 0 Å². The van der Waals surface area contributed by atoms with E-state index in [2.05, 4.69) is 18.6 Å². The molecule has 0 aliphatic heterocycles. The van der Waals surface area contributed by atoms with Crippen molar-refractivity contribution in [1.82, 2.24) is 4.72 Å². The molecule has 0 radical (unpaired) electrons. The number of benzene rings is 1. The van der Waals surface area contributed by atoms with E-state index in [1.54, 1.807) is 0 Å². The molecule has 0 saturated heterocycles. The highest BCUT2D eigenvalue weighted by Crippen LogP contribution is 2.32. The molecule has 0 amide bonds. The third kappa shape index (κ3) is 3.55. The molecular weight excluding hydrogens is 291 g/mol. The predicted molar refractivity (Wildman–Crippen MR) is 81.7 cm³/mol. The van der Waals surface area contributed by atoms with Crippen molar-refractivity contribution in [2.45, 2.75) is 50.5 Å². The molecule has 0 aromatic heterocycles. The number of anilines is 1. The molecule has 21 heavy (non-hydrogen) atoms. The van der Waals surface area contributed by atoms with Crippen molar-refractivity contribution in [3.05, 3.63) is 24.0 Å². The summed E-state index contributed by atoms with van der Waals surface area (Å²) < 4.78 is 41.2. The second kappa shape index (κ2) is 6.32. The molecule has 2 rings (SSSR count). The van der Waals surface area contributed by atoms with Crippen molar-refractivity contribution in [2.24, 2.45) is 11.8 Å². The fraction of sp³-hybridized carbons (Fsp3) is 0.600. The van der Waals surface area contributed by atoms with Gasteiger partial charge in [0.25, 0.3) is 0 Å². The fourth-order valence-electron chi connectivity index (χ4n) is 3.12. The van der Waals surface area contributed by atoms with E-state index in [9.17, 15) is 12.8 Å². The van der Waals surface area contributed by atoms with E-state index in [0.717, 1.165) is 31.7 Å². The number of hydrogen-bond donors (Lipinski definition) is 2. The Morgan fingerprint density at radius 1 is 1.29 bits per heavy atom. The van der Waals surface area contributed by atoms with E-state index in [1.165, 1.54) is 12.1 Å². The van der Waals surface area contributed by atoms with Gasteiger partial charge in [0.05, 0.1) is 5.69 Å². The molecule has 1 fully saturated rings. The number of sulfonamides is 1. The maximum Gasteiger partial charge on any atom is 0.242 e. The largest absolute Gasteiger partial charge is 0.395 e. The van der Waals surface area contributed by atoms with Gasteiger partial charge in [0.2, 0.25) is 10.0 Å². The maximum absolute atomic E-state index is 13.5. The van der Waals surface area contributed by atoms with Gasteiger partial charge in [0.15, 0.2) is 0 Å². The van der Waals surface area contributed by atoms with E-state index < -0.39 is 15.8 Å². The van der Waals surface area contributed by atoms with Gasteiger partial charge in [-0.3, -0.25) is 0 Å². The third-order valence-corrected chi connectivity index (χ3v) is 5.83. The Morgan fingerprint density at radius 3 is 2.62 bits per heavy atom. The van der Waals surface area contributed by atoms with Crippen LogP contribution in [0.15, 0.2) is 23.1 Å². The number of halogens is 1. The van der Waals surface area contributed by atoms with Crippen LogP contribution in [-0.2, 0) is 10.0 Å². The Bertz CT molecular complexity index is 602. The van der Waals surface area contributed by atoms with Crippen molar-refractivity contribution in [1.29, 1.82) is 0 Å². The Hall–Kier alpha value is -1.14. The van der Waals surface area contributed by atoms with E-state index >= 15 is 0 Å². The van der Waals surface area contributed by atoms with E-state index in [0.29, 0.717) is 11.8 Å². The number of nitrogens with one attached hydrogen (secondary N) is 1. The molecule has 1 aliphatic rings. The standard InChI is InChI=1S/C15H23FN2O2S/c1-10(2)11-6-3-4-8-13(11)18-21(19,20)14-9-5-7-12(16)15(14)17/h5,7,9-11,13,18H,3-4,6,8,17H2,1-2H3. The summed E-state index contributed by atoms with van der Waals surface area (Å²) >= 11 is 0. The zero-order chi connectivity index (χ0) is 15.6. The van der Waals surface area contributed by atoms with Crippen molar-refractivity contribution in [3.8, 4) is 0 Å². The number of para-hydroxylation sites is 1. The SMILES string of the molecule is CC(C)C1CCCCC1NS(=O)(=O)c1cccc(F)c1N. The lowest BCUT2D eigenvalue weighted by atomic mass is 9.78. The maximum atomic E-state index is 13.5. The molecular formula is C15H23FN2O2S. The minimum Gasteiger partial charge on any atom is -0.395 e. The number of nitrogens with two attached hydrogens (primary N) is 1. The van der Waals surface area contributed by atoms with Gasteiger partial charge >= 0.3 is 0 Å². The zero-order valence-corrected chi connectivity index (χ0v) is 13.3. The summed E-state index contributed by atoms with van der Waals surface area (Å²) in [7, 11) is -3.79. The van der Waals surface area contributed by atoms with E-state index in [-0.39, 0.29) is 16.6 Å². The first kappa shape index (κ1) is 16.2. The summed E-state index contributed by atoms with van der Waals surface area (Å²) in [6, 6.07) is 3.76. The van der Waals surface area contributed by atoms with Crippen LogP contribution in [0.3, 0.4) is 0 Å². The number of nitrogen functional groups attached to an aromatic ring is 1. The molecule has 4 nitrogen and oxygen atoms in total. The third-order valence-electron chi connectivity index (χ3n) is 4.28. The first-order chi connectivity index (χ1) is 9.83. The van der Waals surface area contributed by atoms with E-state index in [4.69, 9.17) is 5.73 Å². The van der Waals surface area contributed by atoms with Gasteiger partial charge < -0.3 is 5.73 Å². The lowest BCUT2D eigenvalue weighted by Crippen LogP contribution is -2.44. The van der Waals surface area contributed by atoms with Crippen LogP contribution in [0.25, 0.3) is 0 Å². The minimum atomic E-state index is -3.79. The monoisotopic (exact) mass is 314 g/mol. The summed E-state index contributed by atoms with van der Waals surface area (Å²) in [5.41, 5.74) is 5.26. The van der Waals surface area contributed by atoms with Gasteiger partial charge in [-0.25, -0.2) is 17.5 Å². The quantitative estimate of drug-likeness (QED) is 0.839. The Balaban J connectivity index is 2.26. The van der Waals surface area contributed by atoms with Crippen LogP contribution in [0, 0.1) is 17.7 Å². The highest BCUT2D eigenvalue weighted by molar-refractivity contribution is 7.89. The van der Waals surface area contributed by atoms with Crippen LogP contribution in [0.2, 0.25) is 0 Å². The van der Waals surface area contributed by atoms with Gasteiger partial charge in [-0.15, -0.1) is 0 Å². The van der Waals surface area contributed by atoms with Crippen LogP contribution in [-0.4, -0.2) is 14.5 Å². The number of rotatable bonds is 4. The van der Waals surface area contributed by atoms with Gasteiger partial charge in [-0.1, -0.05) is 32.8 Å². The molecule has 1 aromatic rings. The summed E-state index contributed by atoms with van der Waals surface area (Å²) in [4.78, 5) is -0.171.